The average Bonchev–Trinajstić information content (AvgIpc) is 2.31. The molecule has 0 aromatic rings. The normalized spacial score (nSPS) is 44.7. The Kier molecular flexibility index (Phi) is 2.89. The number of hydrogen-bond acceptors (Lipinski definition) is 2. The van der Waals surface area contributed by atoms with Crippen LogP contribution in [0.4, 0.5) is 0 Å². The zero-order chi connectivity index (χ0) is 12.0. The van der Waals surface area contributed by atoms with Gasteiger partial charge in [-0.05, 0) is 69.7 Å². The maximum absolute atomic E-state index is 12.0. The first kappa shape index (κ1) is 11.5. The lowest BCUT2D eigenvalue weighted by Crippen LogP contribution is -2.58. The van der Waals surface area contributed by atoms with Gasteiger partial charge < -0.3 is 10.6 Å². The van der Waals surface area contributed by atoms with Gasteiger partial charge >= 0.3 is 0 Å². The molecule has 4 bridgehead atoms. The van der Waals surface area contributed by atoms with Gasteiger partial charge in [-0.25, -0.2) is 0 Å². The fraction of sp³-hybridized carbons (Fsp3) is 0.929. The smallest absolute Gasteiger partial charge is 0.237 e. The second-order valence-electron chi connectivity index (χ2n) is 6.48. The number of amides is 1. The molecule has 0 spiro atoms. The molecular weight excluding hydrogens is 212 g/mol. The molecule has 1 unspecified atom stereocenters. The molecule has 96 valence electrons. The third-order valence-corrected chi connectivity index (χ3v) is 5.36. The monoisotopic (exact) mass is 236 g/mol. The molecule has 0 aliphatic heterocycles. The molecule has 0 heterocycles. The number of carbonyl (C=O) groups excluding carboxylic acids is 1. The largest absolute Gasteiger partial charge is 0.351 e. The molecule has 4 saturated carbocycles. The van der Waals surface area contributed by atoms with Crippen LogP contribution in [0.3, 0.4) is 0 Å². The highest BCUT2D eigenvalue weighted by Gasteiger charge is 2.48. The second kappa shape index (κ2) is 4.27. The van der Waals surface area contributed by atoms with E-state index in [0.29, 0.717) is 6.04 Å². The SMILES string of the molecule is CNC(C)C(=O)NC1C2CC3CC(C2)CC1C3. The van der Waals surface area contributed by atoms with Crippen LogP contribution in [0.2, 0.25) is 0 Å². The Balaban J connectivity index is 1.66. The fourth-order valence-corrected chi connectivity index (χ4v) is 4.58. The van der Waals surface area contributed by atoms with Crippen molar-refractivity contribution in [3.63, 3.8) is 0 Å². The number of hydrogen-bond donors (Lipinski definition) is 2. The predicted octanol–water partition coefficient (Wildman–Crippen LogP) is 1.54. The minimum Gasteiger partial charge on any atom is -0.351 e. The minimum absolute atomic E-state index is 0.0628. The lowest BCUT2D eigenvalue weighted by atomic mass is 9.54. The Morgan fingerprint density at radius 3 is 2.06 bits per heavy atom. The number of likely N-dealkylation sites (N-methyl/N-ethyl adjacent to an activating group) is 1. The predicted molar refractivity (Wildman–Crippen MR) is 67.5 cm³/mol. The highest BCUT2D eigenvalue weighted by Crippen LogP contribution is 2.53. The molecule has 1 amide bonds. The van der Waals surface area contributed by atoms with Gasteiger partial charge in [-0.2, -0.15) is 0 Å². The van der Waals surface area contributed by atoms with Gasteiger partial charge in [0.05, 0.1) is 6.04 Å². The van der Waals surface area contributed by atoms with Crippen molar-refractivity contribution in [2.24, 2.45) is 23.7 Å². The van der Waals surface area contributed by atoms with Crippen LogP contribution < -0.4 is 10.6 Å². The number of rotatable bonds is 3. The zero-order valence-electron chi connectivity index (χ0n) is 10.9. The first-order chi connectivity index (χ1) is 8.17. The lowest BCUT2D eigenvalue weighted by Gasteiger charge is -2.54. The summed E-state index contributed by atoms with van der Waals surface area (Å²) in [7, 11) is 1.85. The first-order valence-electron chi connectivity index (χ1n) is 7.15. The van der Waals surface area contributed by atoms with E-state index in [1.54, 1.807) is 0 Å². The third-order valence-electron chi connectivity index (χ3n) is 5.36. The summed E-state index contributed by atoms with van der Waals surface area (Å²) in [5, 5.41) is 6.34. The van der Waals surface area contributed by atoms with Gasteiger partial charge in [-0.15, -0.1) is 0 Å². The van der Waals surface area contributed by atoms with E-state index in [4.69, 9.17) is 0 Å². The summed E-state index contributed by atoms with van der Waals surface area (Å²) >= 11 is 0. The van der Waals surface area contributed by atoms with Crippen molar-refractivity contribution in [1.29, 1.82) is 0 Å². The molecule has 0 radical (unpaired) electrons. The molecule has 4 aliphatic carbocycles. The molecule has 1 atom stereocenters. The van der Waals surface area contributed by atoms with E-state index in [1.165, 1.54) is 32.1 Å². The number of carbonyl (C=O) groups is 1. The van der Waals surface area contributed by atoms with Gasteiger partial charge in [-0.1, -0.05) is 0 Å². The summed E-state index contributed by atoms with van der Waals surface area (Å²) < 4.78 is 0. The van der Waals surface area contributed by atoms with Crippen molar-refractivity contribution in [3.8, 4) is 0 Å². The van der Waals surface area contributed by atoms with Gasteiger partial charge in [0, 0.05) is 6.04 Å². The van der Waals surface area contributed by atoms with E-state index in [2.05, 4.69) is 10.6 Å². The van der Waals surface area contributed by atoms with Gasteiger partial charge in [0.1, 0.15) is 0 Å². The Labute approximate surface area is 104 Å². The van der Waals surface area contributed by atoms with Gasteiger partial charge in [-0.3, -0.25) is 4.79 Å². The Hall–Kier alpha value is -0.570. The van der Waals surface area contributed by atoms with Gasteiger partial charge in [0.15, 0.2) is 0 Å². The molecule has 4 aliphatic rings. The van der Waals surface area contributed by atoms with E-state index in [-0.39, 0.29) is 11.9 Å². The number of nitrogens with one attached hydrogen (secondary N) is 2. The standard InChI is InChI=1S/C14H24N2O/c1-8(15-2)14(17)16-13-11-4-9-3-10(6-11)7-12(13)5-9/h8-13,15H,3-7H2,1-2H3,(H,16,17). The molecule has 4 rings (SSSR count). The van der Waals surface area contributed by atoms with E-state index in [9.17, 15) is 4.79 Å². The second-order valence-corrected chi connectivity index (χ2v) is 6.48. The van der Waals surface area contributed by atoms with E-state index in [1.807, 2.05) is 14.0 Å². The topological polar surface area (TPSA) is 41.1 Å². The quantitative estimate of drug-likeness (QED) is 0.780. The fourth-order valence-electron chi connectivity index (χ4n) is 4.58. The molecule has 3 heteroatoms. The van der Waals surface area contributed by atoms with Crippen LogP contribution in [-0.2, 0) is 4.79 Å². The van der Waals surface area contributed by atoms with Crippen molar-refractivity contribution >= 4 is 5.91 Å². The van der Waals surface area contributed by atoms with Crippen LogP contribution in [0, 0.1) is 23.7 Å². The summed E-state index contributed by atoms with van der Waals surface area (Å²) in [5.41, 5.74) is 0. The molecule has 3 nitrogen and oxygen atoms in total. The highest BCUT2D eigenvalue weighted by atomic mass is 16.2. The average molecular weight is 236 g/mol. The van der Waals surface area contributed by atoms with Crippen molar-refractivity contribution in [1.82, 2.24) is 10.6 Å². The van der Waals surface area contributed by atoms with Crippen LogP contribution in [0.1, 0.15) is 39.0 Å². The molecule has 0 saturated heterocycles. The lowest BCUT2D eigenvalue weighted by molar-refractivity contribution is -0.126. The van der Waals surface area contributed by atoms with Crippen LogP contribution in [0.15, 0.2) is 0 Å². The summed E-state index contributed by atoms with van der Waals surface area (Å²) in [5.74, 6) is 3.70. The summed E-state index contributed by atoms with van der Waals surface area (Å²) in [6, 6.07) is 0.415. The third kappa shape index (κ3) is 1.99. The Bertz CT molecular complexity index is 287. The van der Waals surface area contributed by atoms with Crippen molar-refractivity contribution in [2.45, 2.75) is 51.1 Å². The molecule has 4 fully saturated rings. The Morgan fingerprint density at radius 1 is 1.06 bits per heavy atom. The molecule has 0 aromatic heterocycles. The first-order valence-corrected chi connectivity index (χ1v) is 7.15. The van der Waals surface area contributed by atoms with Crippen LogP contribution in [0.5, 0.6) is 0 Å². The molecule has 0 aromatic carbocycles. The van der Waals surface area contributed by atoms with Crippen LogP contribution in [0.25, 0.3) is 0 Å². The highest BCUT2D eigenvalue weighted by molar-refractivity contribution is 5.81. The van der Waals surface area contributed by atoms with Crippen molar-refractivity contribution < 1.29 is 4.79 Å². The van der Waals surface area contributed by atoms with Gasteiger partial charge in [0.2, 0.25) is 5.91 Å². The van der Waals surface area contributed by atoms with Crippen LogP contribution >= 0.6 is 0 Å². The molecule has 2 N–H and O–H groups in total. The molecular formula is C14H24N2O. The summed E-state index contributed by atoms with van der Waals surface area (Å²) in [6.45, 7) is 1.94. The van der Waals surface area contributed by atoms with Crippen LogP contribution in [-0.4, -0.2) is 25.0 Å². The zero-order valence-corrected chi connectivity index (χ0v) is 10.9. The molecule has 17 heavy (non-hydrogen) atoms. The van der Waals surface area contributed by atoms with E-state index in [0.717, 1.165) is 23.7 Å². The van der Waals surface area contributed by atoms with E-state index >= 15 is 0 Å². The Morgan fingerprint density at radius 2 is 1.59 bits per heavy atom. The van der Waals surface area contributed by atoms with Gasteiger partial charge in [0.25, 0.3) is 0 Å². The summed E-state index contributed by atoms with van der Waals surface area (Å²) in [4.78, 5) is 12.0. The van der Waals surface area contributed by atoms with E-state index < -0.39 is 0 Å². The maximum Gasteiger partial charge on any atom is 0.237 e. The van der Waals surface area contributed by atoms with Crippen molar-refractivity contribution in [3.05, 3.63) is 0 Å². The summed E-state index contributed by atoms with van der Waals surface area (Å²) in [6.07, 6.45) is 6.94. The maximum atomic E-state index is 12.0. The minimum atomic E-state index is -0.0628. The van der Waals surface area contributed by atoms with Crippen molar-refractivity contribution in [2.75, 3.05) is 7.05 Å².